The number of rotatable bonds is 3. The molecule has 112 valence electrons. The average Bonchev–Trinajstić information content (AvgIpc) is 2.90. The van der Waals surface area contributed by atoms with Gasteiger partial charge < -0.3 is 10.6 Å². The van der Waals surface area contributed by atoms with Gasteiger partial charge in [-0.05, 0) is 42.3 Å². The van der Waals surface area contributed by atoms with Gasteiger partial charge in [0, 0.05) is 31.0 Å². The molecule has 0 saturated carbocycles. The lowest BCUT2D eigenvalue weighted by Crippen LogP contribution is -2.35. The van der Waals surface area contributed by atoms with Gasteiger partial charge in [-0.3, -0.25) is 4.98 Å². The molecule has 1 aliphatic heterocycles. The van der Waals surface area contributed by atoms with Gasteiger partial charge in [0.15, 0.2) is 0 Å². The van der Waals surface area contributed by atoms with Gasteiger partial charge in [0.05, 0.1) is 5.56 Å². The summed E-state index contributed by atoms with van der Waals surface area (Å²) >= 11 is 1.51. The van der Waals surface area contributed by atoms with Crippen molar-refractivity contribution in [2.75, 3.05) is 23.7 Å². The van der Waals surface area contributed by atoms with Crippen LogP contribution in [0.1, 0.15) is 26.7 Å². The zero-order valence-electron chi connectivity index (χ0n) is 12.6. The highest BCUT2D eigenvalue weighted by Crippen LogP contribution is 2.40. The van der Waals surface area contributed by atoms with E-state index in [1.165, 1.54) is 29.4 Å². The first kappa shape index (κ1) is 14.3. The second kappa shape index (κ2) is 6.02. The van der Waals surface area contributed by atoms with E-state index in [0.717, 1.165) is 36.1 Å². The van der Waals surface area contributed by atoms with Crippen LogP contribution in [0.3, 0.4) is 0 Å². The fraction of sp³-hybridized carbons (Fsp3) is 0.500. The normalized spacial score (nSPS) is 16.6. The summed E-state index contributed by atoms with van der Waals surface area (Å²) in [5, 5.41) is 1.20. The van der Waals surface area contributed by atoms with E-state index in [1.54, 1.807) is 6.20 Å². The Morgan fingerprint density at radius 1 is 1.33 bits per heavy atom. The number of hydrogen-bond acceptors (Lipinski definition) is 5. The van der Waals surface area contributed by atoms with Gasteiger partial charge in [0.1, 0.15) is 10.8 Å². The van der Waals surface area contributed by atoms with Crippen LogP contribution in [-0.2, 0) is 0 Å². The maximum Gasteiger partial charge on any atom is 0.147 e. The zero-order valence-corrected chi connectivity index (χ0v) is 13.4. The van der Waals surface area contributed by atoms with E-state index in [2.05, 4.69) is 34.2 Å². The number of hydrogen-bond donors (Lipinski definition) is 1. The van der Waals surface area contributed by atoms with Gasteiger partial charge in [-0.1, -0.05) is 19.9 Å². The third-order valence-electron chi connectivity index (χ3n) is 4.42. The van der Waals surface area contributed by atoms with E-state index in [0.29, 0.717) is 5.82 Å². The maximum atomic E-state index is 6.10. The highest BCUT2D eigenvalue weighted by Gasteiger charge is 2.25. The number of nitrogens with two attached hydrogens (primary N) is 1. The fourth-order valence-electron chi connectivity index (χ4n) is 3.06. The van der Waals surface area contributed by atoms with Gasteiger partial charge >= 0.3 is 0 Å². The second-order valence-corrected chi connectivity index (χ2v) is 6.81. The van der Waals surface area contributed by atoms with Crippen molar-refractivity contribution in [3.63, 3.8) is 0 Å². The van der Waals surface area contributed by atoms with Gasteiger partial charge in [-0.25, -0.2) is 0 Å². The fourth-order valence-corrected chi connectivity index (χ4v) is 3.95. The molecule has 2 N–H and O–H groups in total. The summed E-state index contributed by atoms with van der Waals surface area (Å²) in [6.45, 7) is 6.84. The summed E-state index contributed by atoms with van der Waals surface area (Å²) in [6.07, 6.45) is 6.15. The van der Waals surface area contributed by atoms with E-state index < -0.39 is 0 Å². The monoisotopic (exact) mass is 302 g/mol. The number of nitrogens with zero attached hydrogens (tertiary/aromatic N) is 3. The molecule has 4 nitrogen and oxygen atoms in total. The minimum atomic E-state index is 0.619. The summed E-state index contributed by atoms with van der Waals surface area (Å²) in [5.74, 6) is 2.24. The Hall–Kier alpha value is -1.62. The first-order chi connectivity index (χ1) is 10.2. The molecule has 2 aromatic heterocycles. The largest absolute Gasteiger partial charge is 0.382 e. The van der Waals surface area contributed by atoms with Crippen molar-refractivity contribution in [2.45, 2.75) is 26.7 Å². The van der Waals surface area contributed by atoms with Crippen LogP contribution in [0.5, 0.6) is 0 Å². The molecule has 0 spiro atoms. The van der Waals surface area contributed by atoms with E-state index >= 15 is 0 Å². The van der Waals surface area contributed by atoms with Crippen LogP contribution in [0.25, 0.3) is 11.1 Å². The minimum absolute atomic E-state index is 0.619. The Kier molecular flexibility index (Phi) is 4.10. The quantitative estimate of drug-likeness (QED) is 0.940. The molecule has 1 saturated heterocycles. The van der Waals surface area contributed by atoms with Crippen molar-refractivity contribution in [2.24, 2.45) is 11.8 Å². The highest BCUT2D eigenvalue weighted by atomic mass is 32.1. The molecule has 1 aliphatic rings. The molecule has 0 aliphatic carbocycles. The zero-order chi connectivity index (χ0) is 14.8. The van der Waals surface area contributed by atoms with Crippen molar-refractivity contribution < 1.29 is 0 Å². The van der Waals surface area contributed by atoms with Gasteiger partial charge in [0.2, 0.25) is 0 Å². The Bertz CT molecular complexity index is 586. The first-order valence-electron chi connectivity index (χ1n) is 7.57. The lowest BCUT2D eigenvalue weighted by molar-refractivity contribution is 0.312. The van der Waals surface area contributed by atoms with Crippen LogP contribution < -0.4 is 10.6 Å². The molecular formula is C16H22N4S. The van der Waals surface area contributed by atoms with Gasteiger partial charge in [-0.2, -0.15) is 4.37 Å². The smallest absolute Gasteiger partial charge is 0.147 e. The average molecular weight is 302 g/mol. The van der Waals surface area contributed by atoms with Gasteiger partial charge in [-0.15, -0.1) is 0 Å². The summed E-state index contributed by atoms with van der Waals surface area (Å²) in [4.78, 5) is 6.65. The lowest BCUT2D eigenvalue weighted by Gasteiger charge is -2.34. The van der Waals surface area contributed by atoms with Crippen LogP contribution in [-0.4, -0.2) is 22.4 Å². The molecule has 0 bridgehead atoms. The Labute approximate surface area is 130 Å². The molecule has 3 heterocycles. The molecule has 0 unspecified atom stereocenters. The molecule has 0 atom stereocenters. The molecule has 0 amide bonds. The number of aromatic nitrogens is 2. The van der Waals surface area contributed by atoms with Crippen molar-refractivity contribution in [1.82, 2.24) is 9.36 Å². The van der Waals surface area contributed by atoms with E-state index in [9.17, 15) is 0 Å². The summed E-state index contributed by atoms with van der Waals surface area (Å²) in [5.41, 5.74) is 8.21. The third kappa shape index (κ3) is 2.88. The molecular weight excluding hydrogens is 280 g/mol. The number of pyridine rings is 1. The van der Waals surface area contributed by atoms with E-state index in [4.69, 9.17) is 5.73 Å². The Balaban J connectivity index is 1.85. The summed E-state index contributed by atoms with van der Waals surface area (Å²) < 4.78 is 4.37. The summed E-state index contributed by atoms with van der Waals surface area (Å²) in [6, 6.07) is 4.00. The second-order valence-electron chi connectivity index (χ2n) is 6.06. The van der Waals surface area contributed by atoms with Crippen molar-refractivity contribution in [1.29, 1.82) is 0 Å². The maximum absolute atomic E-state index is 6.10. The predicted octanol–water partition coefficient (Wildman–Crippen LogP) is 3.66. The van der Waals surface area contributed by atoms with E-state index in [1.807, 2.05) is 12.3 Å². The van der Waals surface area contributed by atoms with Crippen LogP contribution in [0.2, 0.25) is 0 Å². The van der Waals surface area contributed by atoms with Gasteiger partial charge in [0.25, 0.3) is 0 Å². The van der Waals surface area contributed by atoms with Crippen LogP contribution in [0, 0.1) is 11.8 Å². The molecule has 0 radical (unpaired) electrons. The minimum Gasteiger partial charge on any atom is -0.382 e. The molecule has 3 rings (SSSR count). The standard InChI is InChI=1S/C16H22N4S/c1-11(2)12-5-8-20(9-6-12)16-14(15(17)19-21-16)13-4-3-7-18-10-13/h3-4,7,10-12H,5-6,8-9H2,1-2H3,(H2,17,19). The van der Waals surface area contributed by atoms with Crippen LogP contribution in [0.4, 0.5) is 10.8 Å². The summed E-state index contributed by atoms with van der Waals surface area (Å²) in [7, 11) is 0. The molecule has 0 aromatic carbocycles. The molecule has 1 fully saturated rings. The van der Waals surface area contributed by atoms with E-state index in [-0.39, 0.29) is 0 Å². The Morgan fingerprint density at radius 3 is 2.71 bits per heavy atom. The Morgan fingerprint density at radius 2 is 2.10 bits per heavy atom. The van der Waals surface area contributed by atoms with Crippen LogP contribution in [0.15, 0.2) is 24.5 Å². The van der Waals surface area contributed by atoms with Crippen molar-refractivity contribution in [3.8, 4) is 11.1 Å². The molecule has 21 heavy (non-hydrogen) atoms. The van der Waals surface area contributed by atoms with Crippen molar-refractivity contribution >= 4 is 22.4 Å². The van der Waals surface area contributed by atoms with Crippen LogP contribution >= 0.6 is 11.5 Å². The van der Waals surface area contributed by atoms with Crippen molar-refractivity contribution in [3.05, 3.63) is 24.5 Å². The lowest BCUT2D eigenvalue weighted by atomic mass is 9.87. The first-order valence-corrected chi connectivity index (χ1v) is 8.34. The molecule has 5 heteroatoms. The molecule has 2 aromatic rings. The number of piperidine rings is 1. The number of anilines is 2. The SMILES string of the molecule is CC(C)C1CCN(c2snc(N)c2-c2cccnc2)CC1. The predicted molar refractivity (Wildman–Crippen MR) is 89.5 cm³/mol. The highest BCUT2D eigenvalue weighted by molar-refractivity contribution is 7.11. The topological polar surface area (TPSA) is 55.0 Å². The number of nitrogen functional groups attached to an aromatic ring is 1. The third-order valence-corrected chi connectivity index (χ3v) is 5.34.